The molecule has 0 atom stereocenters. The van der Waals surface area contributed by atoms with Gasteiger partial charge < -0.3 is 10.2 Å². The zero-order valence-corrected chi connectivity index (χ0v) is 10.5. The molecule has 0 saturated heterocycles. The van der Waals surface area contributed by atoms with Crippen LogP contribution >= 0.6 is 0 Å². The summed E-state index contributed by atoms with van der Waals surface area (Å²) in [6, 6.07) is 5.22. The average molecular weight is 231 g/mol. The number of hydrogen-bond acceptors (Lipinski definition) is 3. The van der Waals surface area contributed by atoms with Crippen molar-refractivity contribution in [3.8, 4) is 0 Å². The number of pyridine rings is 1. The van der Waals surface area contributed by atoms with Crippen LogP contribution < -0.4 is 10.2 Å². The van der Waals surface area contributed by atoms with E-state index in [1.54, 1.807) is 0 Å². The number of aromatic nitrogens is 1. The normalized spacial score (nSPS) is 19.4. The lowest BCUT2D eigenvalue weighted by Crippen LogP contribution is -2.28. The van der Waals surface area contributed by atoms with Crippen LogP contribution in [0.15, 0.2) is 18.3 Å². The molecule has 2 fully saturated rings. The SMILES string of the molecule is CNCc1cc(N(CC2CC2)C2CC2)ccn1. The van der Waals surface area contributed by atoms with Gasteiger partial charge in [-0.3, -0.25) is 4.98 Å². The van der Waals surface area contributed by atoms with Crippen LogP contribution in [0, 0.1) is 5.92 Å². The topological polar surface area (TPSA) is 28.2 Å². The lowest BCUT2D eigenvalue weighted by Gasteiger charge is -2.25. The summed E-state index contributed by atoms with van der Waals surface area (Å²) in [6.45, 7) is 2.11. The number of hydrogen-bond donors (Lipinski definition) is 1. The van der Waals surface area contributed by atoms with Crippen LogP contribution in [0.2, 0.25) is 0 Å². The molecule has 0 spiro atoms. The second-order valence-corrected chi connectivity index (χ2v) is 5.36. The highest BCUT2D eigenvalue weighted by molar-refractivity contribution is 5.49. The summed E-state index contributed by atoms with van der Waals surface area (Å²) in [5.41, 5.74) is 2.52. The van der Waals surface area contributed by atoms with Gasteiger partial charge in [0, 0.05) is 31.0 Å². The average Bonchev–Trinajstić information content (AvgIpc) is 3.20. The molecule has 0 unspecified atom stereocenters. The van der Waals surface area contributed by atoms with Crippen molar-refractivity contribution >= 4 is 5.69 Å². The highest BCUT2D eigenvalue weighted by Gasteiger charge is 2.33. The van der Waals surface area contributed by atoms with Crippen molar-refractivity contribution in [2.75, 3.05) is 18.5 Å². The molecule has 3 rings (SSSR count). The zero-order valence-electron chi connectivity index (χ0n) is 10.5. The van der Waals surface area contributed by atoms with Crippen molar-refractivity contribution in [1.29, 1.82) is 0 Å². The lowest BCUT2D eigenvalue weighted by molar-refractivity contribution is 0.715. The minimum Gasteiger partial charge on any atom is -0.368 e. The van der Waals surface area contributed by atoms with E-state index in [0.29, 0.717) is 0 Å². The molecule has 2 aliphatic carbocycles. The van der Waals surface area contributed by atoms with E-state index in [1.807, 2.05) is 13.2 Å². The Bertz CT molecular complexity index is 383. The molecule has 2 aliphatic rings. The van der Waals surface area contributed by atoms with Gasteiger partial charge in [-0.25, -0.2) is 0 Å². The van der Waals surface area contributed by atoms with E-state index in [0.717, 1.165) is 24.2 Å². The van der Waals surface area contributed by atoms with E-state index in [-0.39, 0.29) is 0 Å². The first-order valence-electron chi connectivity index (χ1n) is 6.73. The first-order valence-corrected chi connectivity index (χ1v) is 6.73. The predicted octanol–water partition coefficient (Wildman–Crippen LogP) is 2.18. The Morgan fingerprint density at radius 3 is 2.82 bits per heavy atom. The molecule has 0 bridgehead atoms. The molecule has 1 aromatic heterocycles. The second kappa shape index (κ2) is 4.65. The maximum atomic E-state index is 4.40. The molecule has 92 valence electrons. The van der Waals surface area contributed by atoms with Crippen LogP contribution in [-0.2, 0) is 6.54 Å². The Hall–Kier alpha value is -1.09. The third-order valence-corrected chi connectivity index (χ3v) is 3.63. The third kappa shape index (κ3) is 2.78. The lowest BCUT2D eigenvalue weighted by atomic mass is 10.2. The van der Waals surface area contributed by atoms with E-state index in [4.69, 9.17) is 0 Å². The number of nitrogens with zero attached hydrogens (tertiary/aromatic N) is 2. The molecular weight excluding hydrogens is 210 g/mol. The van der Waals surface area contributed by atoms with E-state index in [9.17, 15) is 0 Å². The molecule has 1 N–H and O–H groups in total. The monoisotopic (exact) mass is 231 g/mol. The van der Waals surface area contributed by atoms with Crippen molar-refractivity contribution in [3.05, 3.63) is 24.0 Å². The Morgan fingerprint density at radius 1 is 1.35 bits per heavy atom. The molecule has 17 heavy (non-hydrogen) atoms. The molecule has 3 nitrogen and oxygen atoms in total. The molecule has 3 heteroatoms. The quantitative estimate of drug-likeness (QED) is 0.813. The highest BCUT2D eigenvalue weighted by Crippen LogP contribution is 2.37. The summed E-state index contributed by atoms with van der Waals surface area (Å²) in [6.07, 6.45) is 7.55. The number of rotatable bonds is 6. The summed E-state index contributed by atoms with van der Waals surface area (Å²) in [5.74, 6) is 0.955. The molecule has 0 aromatic carbocycles. The van der Waals surface area contributed by atoms with E-state index >= 15 is 0 Å². The number of nitrogens with one attached hydrogen (secondary N) is 1. The van der Waals surface area contributed by atoms with Gasteiger partial charge in [-0.1, -0.05) is 0 Å². The first kappa shape index (κ1) is 11.0. The second-order valence-electron chi connectivity index (χ2n) is 5.36. The highest BCUT2D eigenvalue weighted by atomic mass is 15.2. The Morgan fingerprint density at radius 2 is 2.18 bits per heavy atom. The molecule has 0 radical (unpaired) electrons. The summed E-state index contributed by atoms with van der Waals surface area (Å²) < 4.78 is 0. The van der Waals surface area contributed by atoms with E-state index < -0.39 is 0 Å². The standard InChI is InChI=1S/C14H21N3/c1-15-9-12-8-14(6-7-16-12)17(13-4-5-13)10-11-2-3-11/h6-8,11,13,15H,2-5,9-10H2,1H3. The maximum Gasteiger partial charge on any atom is 0.0562 e. The smallest absolute Gasteiger partial charge is 0.0562 e. The van der Waals surface area contributed by atoms with Gasteiger partial charge in [-0.05, 0) is 50.8 Å². The van der Waals surface area contributed by atoms with Crippen molar-refractivity contribution in [2.45, 2.75) is 38.3 Å². The fourth-order valence-electron chi connectivity index (χ4n) is 2.35. The Kier molecular flexibility index (Phi) is 3.02. The van der Waals surface area contributed by atoms with E-state index in [2.05, 4.69) is 27.3 Å². The summed E-state index contributed by atoms with van der Waals surface area (Å²) in [7, 11) is 1.97. The zero-order chi connectivity index (χ0) is 11.7. The van der Waals surface area contributed by atoms with E-state index in [1.165, 1.54) is 37.9 Å². The maximum absolute atomic E-state index is 4.40. The largest absolute Gasteiger partial charge is 0.368 e. The first-order chi connectivity index (χ1) is 8.36. The van der Waals surface area contributed by atoms with Gasteiger partial charge in [0.15, 0.2) is 0 Å². The summed E-state index contributed by atoms with van der Waals surface area (Å²) in [5, 5.41) is 3.17. The van der Waals surface area contributed by atoms with Crippen LogP contribution in [-0.4, -0.2) is 24.6 Å². The fraction of sp³-hybridized carbons (Fsp3) is 0.643. The van der Waals surface area contributed by atoms with Crippen molar-refractivity contribution < 1.29 is 0 Å². The van der Waals surface area contributed by atoms with Gasteiger partial charge >= 0.3 is 0 Å². The van der Waals surface area contributed by atoms with Crippen molar-refractivity contribution in [2.24, 2.45) is 5.92 Å². The van der Waals surface area contributed by atoms with Crippen LogP contribution in [0.1, 0.15) is 31.4 Å². The van der Waals surface area contributed by atoms with Gasteiger partial charge in [0.1, 0.15) is 0 Å². The third-order valence-electron chi connectivity index (χ3n) is 3.63. The molecule has 1 aromatic rings. The van der Waals surface area contributed by atoms with Crippen LogP contribution in [0.5, 0.6) is 0 Å². The Labute approximate surface area is 103 Å². The fourth-order valence-corrected chi connectivity index (χ4v) is 2.35. The van der Waals surface area contributed by atoms with Crippen molar-refractivity contribution in [1.82, 2.24) is 10.3 Å². The van der Waals surface area contributed by atoms with Gasteiger partial charge in [-0.15, -0.1) is 0 Å². The molecule has 1 heterocycles. The summed E-state index contributed by atoms with van der Waals surface area (Å²) >= 11 is 0. The predicted molar refractivity (Wildman–Crippen MR) is 70.1 cm³/mol. The molecule has 2 saturated carbocycles. The van der Waals surface area contributed by atoms with Gasteiger partial charge in [0.05, 0.1) is 5.69 Å². The number of anilines is 1. The molecule has 0 aliphatic heterocycles. The van der Waals surface area contributed by atoms with Crippen LogP contribution in [0.25, 0.3) is 0 Å². The molecule has 0 amide bonds. The minimum absolute atomic E-state index is 0.806. The van der Waals surface area contributed by atoms with Gasteiger partial charge in [0.25, 0.3) is 0 Å². The van der Waals surface area contributed by atoms with Gasteiger partial charge in [-0.2, -0.15) is 0 Å². The van der Waals surface area contributed by atoms with Crippen molar-refractivity contribution in [3.63, 3.8) is 0 Å². The van der Waals surface area contributed by atoms with Crippen LogP contribution in [0.3, 0.4) is 0 Å². The molecular formula is C14H21N3. The Balaban J connectivity index is 1.76. The van der Waals surface area contributed by atoms with Gasteiger partial charge in [0.2, 0.25) is 0 Å². The minimum atomic E-state index is 0.806. The van der Waals surface area contributed by atoms with Crippen LogP contribution in [0.4, 0.5) is 5.69 Å². The summed E-state index contributed by atoms with van der Waals surface area (Å²) in [4.78, 5) is 7.01.